The molecule has 0 fully saturated rings. The maximum absolute atomic E-state index is 9.58. The van der Waals surface area contributed by atoms with E-state index in [1.54, 1.807) is 12.1 Å². The van der Waals surface area contributed by atoms with Crippen molar-refractivity contribution in [3.05, 3.63) is 89.0 Å². The summed E-state index contributed by atoms with van der Waals surface area (Å²) < 4.78 is 0. The number of fused-ring (bicyclic) bond motifs is 2. The van der Waals surface area contributed by atoms with Crippen LogP contribution in [0.25, 0.3) is 0 Å². The Balaban J connectivity index is 2.00. The molecule has 1 aliphatic heterocycles. The summed E-state index contributed by atoms with van der Waals surface area (Å²) in [7, 11) is 0. The third kappa shape index (κ3) is 2.12. The fourth-order valence-corrected chi connectivity index (χ4v) is 3.24. The minimum atomic E-state index is 0.494. The third-order valence-corrected chi connectivity index (χ3v) is 4.33. The number of hydrogen-bond acceptors (Lipinski definition) is 3. The largest absolute Gasteiger partial charge is 0.309 e. The van der Waals surface area contributed by atoms with Crippen LogP contribution in [-0.2, 0) is 6.42 Å². The third-order valence-electron chi connectivity index (χ3n) is 4.33. The van der Waals surface area contributed by atoms with E-state index in [4.69, 9.17) is 5.26 Å². The number of anilines is 3. The van der Waals surface area contributed by atoms with Gasteiger partial charge in [-0.25, -0.2) is 0 Å². The molecule has 0 aliphatic carbocycles. The lowest BCUT2D eigenvalue weighted by Crippen LogP contribution is -2.19. The molecule has 0 aromatic heterocycles. The van der Waals surface area contributed by atoms with Gasteiger partial charge in [0.2, 0.25) is 0 Å². The Hall–Kier alpha value is -3.56. The van der Waals surface area contributed by atoms with Gasteiger partial charge in [-0.1, -0.05) is 36.4 Å². The molecule has 0 N–H and O–H groups in total. The summed E-state index contributed by atoms with van der Waals surface area (Å²) in [6.45, 7) is 0. The molecule has 0 saturated heterocycles. The molecule has 0 saturated carbocycles. The van der Waals surface area contributed by atoms with Crippen LogP contribution in [0.2, 0.25) is 0 Å². The van der Waals surface area contributed by atoms with Crippen molar-refractivity contribution in [2.75, 3.05) is 4.90 Å². The van der Waals surface area contributed by atoms with Crippen LogP contribution in [-0.4, -0.2) is 0 Å². The molecule has 0 bridgehead atoms. The Morgan fingerprint density at radius 3 is 1.92 bits per heavy atom. The minimum Gasteiger partial charge on any atom is -0.309 e. The molecule has 0 amide bonds. The quantitative estimate of drug-likeness (QED) is 0.507. The first-order chi connectivity index (χ1) is 11.8. The zero-order valence-electron chi connectivity index (χ0n) is 12.9. The predicted molar refractivity (Wildman–Crippen MR) is 93.4 cm³/mol. The number of para-hydroxylation sites is 2. The van der Waals surface area contributed by atoms with E-state index in [1.165, 1.54) is 11.1 Å². The molecule has 3 heteroatoms. The van der Waals surface area contributed by atoms with Gasteiger partial charge in [-0.15, -0.1) is 0 Å². The van der Waals surface area contributed by atoms with E-state index in [1.807, 2.05) is 30.3 Å². The fourth-order valence-electron chi connectivity index (χ4n) is 3.24. The van der Waals surface area contributed by atoms with E-state index in [0.717, 1.165) is 23.5 Å². The molecule has 0 unspecified atom stereocenters. The van der Waals surface area contributed by atoms with Gasteiger partial charge in [-0.05, 0) is 41.5 Å². The SMILES string of the molecule is N#Cc1ccc(N2c3ccccc3Cc3ccccc32)c(C#N)c1. The molecule has 3 aromatic carbocycles. The van der Waals surface area contributed by atoms with Crippen molar-refractivity contribution in [3.8, 4) is 12.1 Å². The molecule has 4 rings (SSSR count). The highest BCUT2D eigenvalue weighted by Gasteiger charge is 2.25. The number of nitriles is 2. The molecule has 1 heterocycles. The second kappa shape index (κ2) is 5.57. The van der Waals surface area contributed by atoms with Crippen LogP contribution in [0.4, 0.5) is 17.1 Å². The van der Waals surface area contributed by atoms with Crippen molar-refractivity contribution in [2.24, 2.45) is 0 Å². The first kappa shape index (κ1) is 14.1. The molecule has 3 aromatic rings. The summed E-state index contributed by atoms with van der Waals surface area (Å²) in [5, 5.41) is 18.7. The lowest BCUT2D eigenvalue weighted by molar-refractivity contribution is 1.08. The van der Waals surface area contributed by atoms with Crippen LogP contribution in [0.5, 0.6) is 0 Å². The van der Waals surface area contributed by atoms with Crippen LogP contribution in [0.15, 0.2) is 66.7 Å². The van der Waals surface area contributed by atoms with Crippen molar-refractivity contribution in [1.82, 2.24) is 0 Å². The highest BCUT2D eigenvalue weighted by atomic mass is 15.2. The monoisotopic (exact) mass is 307 g/mol. The maximum Gasteiger partial charge on any atom is 0.101 e. The van der Waals surface area contributed by atoms with Gasteiger partial charge in [-0.2, -0.15) is 10.5 Å². The first-order valence-corrected chi connectivity index (χ1v) is 7.72. The van der Waals surface area contributed by atoms with E-state index in [9.17, 15) is 5.26 Å². The molecular weight excluding hydrogens is 294 g/mol. The standard InChI is InChI=1S/C21H13N3/c22-13-15-9-10-21(18(11-15)14-23)24-19-7-3-1-5-16(19)12-17-6-2-4-8-20(17)24/h1-11H,12H2. The van der Waals surface area contributed by atoms with Crippen molar-refractivity contribution in [3.63, 3.8) is 0 Å². The Morgan fingerprint density at radius 2 is 1.33 bits per heavy atom. The van der Waals surface area contributed by atoms with Crippen LogP contribution < -0.4 is 4.90 Å². The van der Waals surface area contributed by atoms with Gasteiger partial charge in [-0.3, -0.25) is 0 Å². The van der Waals surface area contributed by atoms with Crippen LogP contribution in [0, 0.1) is 22.7 Å². The van der Waals surface area contributed by atoms with E-state index < -0.39 is 0 Å². The smallest absolute Gasteiger partial charge is 0.101 e. The predicted octanol–water partition coefficient (Wildman–Crippen LogP) is 4.80. The molecule has 24 heavy (non-hydrogen) atoms. The fraction of sp³-hybridized carbons (Fsp3) is 0.0476. The number of rotatable bonds is 1. The zero-order valence-corrected chi connectivity index (χ0v) is 12.9. The Bertz CT molecular complexity index is 976. The van der Waals surface area contributed by atoms with Crippen molar-refractivity contribution in [1.29, 1.82) is 10.5 Å². The summed E-state index contributed by atoms with van der Waals surface area (Å²) in [6, 6.07) is 26.1. The Morgan fingerprint density at radius 1 is 0.708 bits per heavy atom. The molecule has 0 atom stereocenters. The maximum atomic E-state index is 9.58. The van der Waals surface area contributed by atoms with Crippen LogP contribution >= 0.6 is 0 Å². The minimum absolute atomic E-state index is 0.494. The molecule has 112 valence electrons. The Kier molecular flexibility index (Phi) is 3.26. The lowest BCUT2D eigenvalue weighted by atomic mass is 9.94. The first-order valence-electron chi connectivity index (χ1n) is 7.72. The van der Waals surface area contributed by atoms with Gasteiger partial charge < -0.3 is 4.90 Å². The second-order valence-corrected chi connectivity index (χ2v) is 5.73. The normalized spacial score (nSPS) is 11.8. The highest BCUT2D eigenvalue weighted by Crippen LogP contribution is 2.44. The molecule has 1 aliphatic rings. The second-order valence-electron chi connectivity index (χ2n) is 5.73. The van der Waals surface area contributed by atoms with E-state index in [-0.39, 0.29) is 0 Å². The van der Waals surface area contributed by atoms with Crippen molar-refractivity contribution >= 4 is 17.1 Å². The van der Waals surface area contributed by atoms with Crippen molar-refractivity contribution < 1.29 is 0 Å². The van der Waals surface area contributed by atoms with E-state index >= 15 is 0 Å². The van der Waals surface area contributed by atoms with Crippen LogP contribution in [0.3, 0.4) is 0 Å². The zero-order chi connectivity index (χ0) is 16.5. The molecule has 0 spiro atoms. The number of benzene rings is 3. The number of nitrogens with zero attached hydrogens (tertiary/aromatic N) is 3. The van der Waals surface area contributed by atoms with Gasteiger partial charge >= 0.3 is 0 Å². The van der Waals surface area contributed by atoms with Gasteiger partial charge in [0.25, 0.3) is 0 Å². The number of hydrogen-bond donors (Lipinski definition) is 0. The highest BCUT2D eigenvalue weighted by molar-refractivity contribution is 5.85. The van der Waals surface area contributed by atoms with E-state index in [0.29, 0.717) is 11.1 Å². The molecule has 0 radical (unpaired) electrons. The van der Waals surface area contributed by atoms with Gasteiger partial charge in [0.1, 0.15) is 6.07 Å². The molecule has 3 nitrogen and oxygen atoms in total. The summed E-state index contributed by atoms with van der Waals surface area (Å²) in [6.07, 6.45) is 0.876. The molecular formula is C21H13N3. The van der Waals surface area contributed by atoms with Crippen LogP contribution in [0.1, 0.15) is 22.3 Å². The van der Waals surface area contributed by atoms with Gasteiger partial charge in [0, 0.05) is 17.8 Å². The lowest BCUT2D eigenvalue weighted by Gasteiger charge is -2.33. The van der Waals surface area contributed by atoms with Crippen molar-refractivity contribution in [2.45, 2.75) is 6.42 Å². The summed E-state index contributed by atoms with van der Waals surface area (Å²) >= 11 is 0. The van der Waals surface area contributed by atoms with Gasteiger partial charge in [0.05, 0.1) is 22.9 Å². The summed E-state index contributed by atoms with van der Waals surface area (Å²) in [5.41, 5.74) is 6.41. The summed E-state index contributed by atoms with van der Waals surface area (Å²) in [4.78, 5) is 2.12. The topological polar surface area (TPSA) is 50.8 Å². The summed E-state index contributed by atoms with van der Waals surface area (Å²) in [5.74, 6) is 0. The van der Waals surface area contributed by atoms with E-state index in [2.05, 4.69) is 41.3 Å². The van der Waals surface area contributed by atoms with Gasteiger partial charge in [0.15, 0.2) is 0 Å². The Labute approximate surface area is 140 Å². The average molecular weight is 307 g/mol. The average Bonchev–Trinajstić information content (AvgIpc) is 2.65.